The molecule has 0 radical (unpaired) electrons. The van der Waals surface area contributed by atoms with Gasteiger partial charge in [-0.1, -0.05) is 12.1 Å². The van der Waals surface area contributed by atoms with E-state index in [-0.39, 0.29) is 18.7 Å². The number of nitrogens with one attached hydrogen (secondary N) is 1. The average Bonchev–Trinajstić information content (AvgIpc) is 3.10. The summed E-state index contributed by atoms with van der Waals surface area (Å²) >= 11 is 0. The van der Waals surface area contributed by atoms with Crippen LogP contribution in [-0.4, -0.2) is 68.8 Å². The number of hydrogen-bond acceptors (Lipinski definition) is 6. The summed E-state index contributed by atoms with van der Waals surface area (Å²) in [7, 11) is 0. The van der Waals surface area contributed by atoms with Gasteiger partial charge in [-0.2, -0.15) is 0 Å². The Hall–Kier alpha value is -2.65. The predicted octanol–water partition coefficient (Wildman–Crippen LogP) is -0.797. The molecule has 2 rings (SSSR count). The van der Waals surface area contributed by atoms with Crippen LogP contribution in [0.15, 0.2) is 24.3 Å². The largest absolute Gasteiger partial charge is 0.508 e. The highest BCUT2D eigenvalue weighted by Crippen LogP contribution is 2.19. The molecule has 1 aliphatic heterocycles. The monoisotopic (exact) mass is 379 g/mol. The second-order valence-electron chi connectivity index (χ2n) is 6.73. The van der Waals surface area contributed by atoms with Crippen LogP contribution in [0.2, 0.25) is 0 Å². The van der Waals surface area contributed by atoms with Gasteiger partial charge in [0, 0.05) is 6.54 Å². The lowest BCUT2D eigenvalue weighted by Gasteiger charge is -2.29. The molecular weight excluding hydrogens is 354 g/mol. The van der Waals surface area contributed by atoms with Crippen LogP contribution in [0.3, 0.4) is 0 Å². The number of carbonyl (C=O) groups excluding carboxylic acids is 2. The number of aromatic hydroxyl groups is 1. The summed E-state index contributed by atoms with van der Waals surface area (Å²) in [5, 5.41) is 30.9. The molecule has 1 heterocycles. The summed E-state index contributed by atoms with van der Waals surface area (Å²) in [6, 6.07) is 2.99. The maximum atomic E-state index is 12.7. The predicted molar refractivity (Wildman–Crippen MR) is 95.8 cm³/mol. The first-order valence-electron chi connectivity index (χ1n) is 8.76. The van der Waals surface area contributed by atoms with Crippen molar-refractivity contribution in [3.05, 3.63) is 29.8 Å². The minimum Gasteiger partial charge on any atom is -0.508 e. The Morgan fingerprint density at radius 2 is 1.93 bits per heavy atom. The molecule has 0 aliphatic carbocycles. The Balaban J connectivity index is 2.03. The lowest BCUT2D eigenvalue weighted by atomic mass is 10.0. The Bertz CT molecular complexity index is 691. The molecule has 1 saturated heterocycles. The SMILES string of the molecule is C[C@@H](O)[C@H](NC(=O)[C@@H](N)Cc1ccc(O)cc1)C(=O)N1CCC[C@@H]1C(=O)O. The molecule has 27 heavy (non-hydrogen) atoms. The summed E-state index contributed by atoms with van der Waals surface area (Å²) in [4.78, 5) is 37.5. The maximum absolute atomic E-state index is 12.7. The first-order valence-corrected chi connectivity index (χ1v) is 8.76. The van der Waals surface area contributed by atoms with E-state index >= 15 is 0 Å². The van der Waals surface area contributed by atoms with Gasteiger partial charge in [-0.3, -0.25) is 9.59 Å². The Morgan fingerprint density at radius 1 is 1.30 bits per heavy atom. The molecule has 1 aromatic carbocycles. The molecule has 0 spiro atoms. The maximum Gasteiger partial charge on any atom is 0.326 e. The van der Waals surface area contributed by atoms with Gasteiger partial charge >= 0.3 is 5.97 Å². The molecule has 1 fully saturated rings. The molecule has 2 amide bonds. The molecular formula is C18H25N3O6. The zero-order valence-corrected chi connectivity index (χ0v) is 15.0. The van der Waals surface area contributed by atoms with Gasteiger partial charge in [0.05, 0.1) is 12.1 Å². The third kappa shape index (κ3) is 5.18. The van der Waals surface area contributed by atoms with E-state index in [1.807, 2.05) is 0 Å². The standard InChI is InChI=1S/C18H25N3O6/c1-10(22)15(17(25)21-8-2-3-14(21)18(26)27)20-16(24)13(19)9-11-4-6-12(23)7-5-11/h4-7,10,13-15,22-23H,2-3,8-9,19H2,1H3,(H,20,24)(H,26,27)/t10-,13+,14-,15+/m1/s1. The van der Waals surface area contributed by atoms with Crippen molar-refractivity contribution in [2.45, 2.75) is 50.4 Å². The number of phenols is 1. The second kappa shape index (κ2) is 8.83. The fourth-order valence-electron chi connectivity index (χ4n) is 3.09. The number of amides is 2. The van der Waals surface area contributed by atoms with E-state index in [4.69, 9.17) is 5.73 Å². The van der Waals surface area contributed by atoms with E-state index in [1.165, 1.54) is 24.0 Å². The zero-order chi connectivity index (χ0) is 20.1. The van der Waals surface area contributed by atoms with Gasteiger partial charge in [0.2, 0.25) is 11.8 Å². The number of aliphatic carboxylic acids is 1. The van der Waals surface area contributed by atoms with Crippen molar-refractivity contribution in [3.63, 3.8) is 0 Å². The van der Waals surface area contributed by atoms with Crippen LogP contribution in [0.25, 0.3) is 0 Å². The smallest absolute Gasteiger partial charge is 0.326 e. The summed E-state index contributed by atoms with van der Waals surface area (Å²) in [5.74, 6) is -2.29. The van der Waals surface area contributed by atoms with Crippen molar-refractivity contribution in [2.24, 2.45) is 5.73 Å². The number of hydrogen-bond donors (Lipinski definition) is 5. The molecule has 148 valence electrons. The minimum atomic E-state index is -1.27. The van der Waals surface area contributed by atoms with E-state index < -0.39 is 42.0 Å². The number of carboxylic acids is 1. The van der Waals surface area contributed by atoms with Crippen molar-refractivity contribution >= 4 is 17.8 Å². The van der Waals surface area contributed by atoms with Crippen LogP contribution in [0.5, 0.6) is 5.75 Å². The number of carboxylic acid groups (broad SMARTS) is 1. The fraction of sp³-hybridized carbons (Fsp3) is 0.500. The quantitative estimate of drug-likeness (QED) is 0.416. The van der Waals surface area contributed by atoms with Crippen LogP contribution in [0.4, 0.5) is 0 Å². The van der Waals surface area contributed by atoms with Crippen molar-refractivity contribution in [1.29, 1.82) is 0 Å². The van der Waals surface area contributed by atoms with Gasteiger partial charge in [0.15, 0.2) is 0 Å². The van der Waals surface area contributed by atoms with Crippen LogP contribution in [0, 0.1) is 0 Å². The fourth-order valence-corrected chi connectivity index (χ4v) is 3.09. The van der Waals surface area contributed by atoms with Gasteiger partial charge in [-0.05, 0) is 43.9 Å². The van der Waals surface area contributed by atoms with Gasteiger partial charge in [0.25, 0.3) is 0 Å². The van der Waals surface area contributed by atoms with Gasteiger partial charge in [-0.25, -0.2) is 4.79 Å². The Labute approximate surface area is 156 Å². The normalized spacial score (nSPS) is 20.0. The molecule has 1 aliphatic rings. The minimum absolute atomic E-state index is 0.0927. The van der Waals surface area contributed by atoms with Gasteiger partial charge < -0.3 is 31.3 Å². The molecule has 9 nitrogen and oxygen atoms in total. The van der Waals surface area contributed by atoms with E-state index in [0.717, 1.165) is 5.56 Å². The molecule has 0 saturated carbocycles. The summed E-state index contributed by atoms with van der Waals surface area (Å²) in [6.45, 7) is 1.61. The highest BCUT2D eigenvalue weighted by molar-refractivity contribution is 5.92. The number of phenolic OH excluding ortho intramolecular Hbond substituents is 1. The highest BCUT2D eigenvalue weighted by atomic mass is 16.4. The van der Waals surface area contributed by atoms with Crippen LogP contribution in [0.1, 0.15) is 25.3 Å². The van der Waals surface area contributed by atoms with E-state index in [9.17, 15) is 29.7 Å². The average molecular weight is 379 g/mol. The Kier molecular flexibility index (Phi) is 6.75. The first-order chi connectivity index (χ1) is 12.7. The lowest BCUT2D eigenvalue weighted by Crippen LogP contribution is -2.58. The van der Waals surface area contributed by atoms with Crippen LogP contribution in [-0.2, 0) is 20.8 Å². The number of benzene rings is 1. The number of nitrogens with zero attached hydrogens (tertiary/aromatic N) is 1. The molecule has 1 aromatic rings. The number of nitrogens with two attached hydrogens (primary N) is 1. The van der Waals surface area contributed by atoms with Gasteiger partial charge in [-0.15, -0.1) is 0 Å². The molecule has 0 unspecified atom stereocenters. The summed E-state index contributed by atoms with van der Waals surface area (Å²) in [6.07, 6.45) is -0.155. The number of rotatable bonds is 7. The second-order valence-corrected chi connectivity index (χ2v) is 6.73. The van der Waals surface area contributed by atoms with Crippen molar-refractivity contribution in [3.8, 4) is 5.75 Å². The van der Waals surface area contributed by atoms with E-state index in [1.54, 1.807) is 12.1 Å². The van der Waals surface area contributed by atoms with Crippen molar-refractivity contribution < 1.29 is 29.7 Å². The zero-order valence-electron chi connectivity index (χ0n) is 15.0. The Morgan fingerprint density at radius 3 is 2.48 bits per heavy atom. The van der Waals surface area contributed by atoms with Crippen molar-refractivity contribution in [1.82, 2.24) is 10.2 Å². The topological polar surface area (TPSA) is 153 Å². The van der Waals surface area contributed by atoms with Crippen molar-refractivity contribution in [2.75, 3.05) is 6.54 Å². The van der Waals surface area contributed by atoms with E-state index in [0.29, 0.717) is 12.8 Å². The molecule has 0 bridgehead atoms. The number of carbonyl (C=O) groups is 3. The highest BCUT2D eigenvalue weighted by Gasteiger charge is 2.39. The molecule has 9 heteroatoms. The molecule has 0 aromatic heterocycles. The third-order valence-electron chi connectivity index (χ3n) is 4.60. The van der Waals surface area contributed by atoms with E-state index in [2.05, 4.69) is 5.32 Å². The third-order valence-corrected chi connectivity index (χ3v) is 4.60. The molecule has 6 N–H and O–H groups in total. The lowest BCUT2D eigenvalue weighted by molar-refractivity contribution is -0.150. The summed E-state index contributed by atoms with van der Waals surface area (Å²) in [5.41, 5.74) is 6.61. The first kappa shape index (κ1) is 20.7. The number of aliphatic hydroxyl groups is 1. The number of likely N-dealkylation sites (tertiary alicyclic amines) is 1. The number of aliphatic hydroxyl groups excluding tert-OH is 1. The van der Waals surface area contributed by atoms with Gasteiger partial charge in [0.1, 0.15) is 17.8 Å². The van der Waals surface area contributed by atoms with Crippen LogP contribution >= 0.6 is 0 Å². The molecule has 4 atom stereocenters. The summed E-state index contributed by atoms with van der Waals surface area (Å²) < 4.78 is 0. The van der Waals surface area contributed by atoms with Crippen LogP contribution < -0.4 is 11.1 Å².